The molecule has 25 heavy (non-hydrogen) atoms. The molecule has 1 aliphatic rings. The summed E-state index contributed by atoms with van der Waals surface area (Å²) in [6.45, 7) is 1.64. The maximum absolute atomic E-state index is 12.6. The Morgan fingerprint density at radius 1 is 1.28 bits per heavy atom. The normalized spacial score (nSPS) is 14.6. The number of fused-ring (bicyclic) bond motifs is 2. The van der Waals surface area contributed by atoms with Gasteiger partial charge in [-0.15, -0.1) is 0 Å². The Labute approximate surface area is 143 Å². The third-order valence-electron chi connectivity index (χ3n) is 4.48. The summed E-state index contributed by atoms with van der Waals surface area (Å²) in [6, 6.07) is 10.6. The van der Waals surface area contributed by atoms with E-state index in [0.717, 1.165) is 16.6 Å². The van der Waals surface area contributed by atoms with E-state index in [9.17, 15) is 14.7 Å². The van der Waals surface area contributed by atoms with Crippen LogP contribution in [0.1, 0.15) is 51.6 Å². The number of hydrogen-bond donors (Lipinski definition) is 3. The molecule has 3 N–H and O–H groups in total. The van der Waals surface area contributed by atoms with Crippen LogP contribution in [0.25, 0.3) is 11.0 Å². The molecule has 1 heterocycles. The summed E-state index contributed by atoms with van der Waals surface area (Å²) in [4.78, 5) is 31.8. The highest BCUT2D eigenvalue weighted by atomic mass is 16.3. The minimum Gasteiger partial charge on any atom is -0.385 e. The highest BCUT2D eigenvalue weighted by Gasteiger charge is 2.24. The SMILES string of the molecule is CC(O)c1nc2ccc(NC(=O)c3cccc4c3CCC4=O)cc2[nH]1. The molecule has 1 aromatic heterocycles. The first-order chi connectivity index (χ1) is 12.0. The molecule has 126 valence electrons. The van der Waals surface area contributed by atoms with Crippen molar-refractivity contribution in [3.8, 4) is 0 Å². The van der Waals surface area contributed by atoms with Crippen molar-refractivity contribution in [2.45, 2.75) is 25.9 Å². The van der Waals surface area contributed by atoms with Gasteiger partial charge in [0.1, 0.15) is 11.9 Å². The number of carbonyl (C=O) groups excluding carboxylic acids is 2. The fourth-order valence-electron chi connectivity index (χ4n) is 3.21. The lowest BCUT2D eigenvalue weighted by molar-refractivity contribution is 0.0993. The van der Waals surface area contributed by atoms with E-state index in [4.69, 9.17) is 0 Å². The summed E-state index contributed by atoms with van der Waals surface area (Å²) in [7, 11) is 0. The number of nitrogens with one attached hydrogen (secondary N) is 2. The Bertz CT molecular complexity index is 1000. The number of aromatic amines is 1. The molecule has 6 nitrogen and oxygen atoms in total. The smallest absolute Gasteiger partial charge is 0.255 e. The molecule has 0 spiro atoms. The van der Waals surface area contributed by atoms with Gasteiger partial charge in [-0.1, -0.05) is 12.1 Å². The van der Waals surface area contributed by atoms with Crippen LogP contribution in [-0.2, 0) is 6.42 Å². The molecule has 6 heteroatoms. The summed E-state index contributed by atoms with van der Waals surface area (Å²) in [5.74, 6) is 0.341. The first kappa shape index (κ1) is 15.5. The fraction of sp³-hybridized carbons (Fsp3) is 0.211. The Kier molecular flexibility index (Phi) is 3.62. The van der Waals surface area contributed by atoms with Gasteiger partial charge in [0.05, 0.1) is 11.0 Å². The molecule has 0 radical (unpaired) electrons. The molecule has 0 bridgehead atoms. The summed E-state index contributed by atoms with van der Waals surface area (Å²) >= 11 is 0. The number of aliphatic hydroxyl groups is 1. The van der Waals surface area contributed by atoms with Crippen LogP contribution in [0.2, 0.25) is 0 Å². The van der Waals surface area contributed by atoms with Gasteiger partial charge in [-0.05, 0) is 43.2 Å². The number of ketones is 1. The predicted molar refractivity (Wildman–Crippen MR) is 93.8 cm³/mol. The molecule has 1 amide bonds. The number of rotatable bonds is 3. The lowest BCUT2D eigenvalue weighted by Crippen LogP contribution is -2.14. The van der Waals surface area contributed by atoms with Crippen molar-refractivity contribution < 1.29 is 14.7 Å². The number of benzene rings is 2. The molecule has 0 aliphatic heterocycles. The van der Waals surface area contributed by atoms with Crippen LogP contribution in [-0.4, -0.2) is 26.8 Å². The molecular formula is C19H17N3O3. The zero-order chi connectivity index (χ0) is 17.6. The number of carbonyl (C=O) groups is 2. The minimum absolute atomic E-state index is 0.0918. The quantitative estimate of drug-likeness (QED) is 0.686. The molecule has 1 atom stereocenters. The number of aromatic nitrogens is 2. The fourth-order valence-corrected chi connectivity index (χ4v) is 3.21. The summed E-state index contributed by atoms with van der Waals surface area (Å²) in [6.07, 6.45) is 0.381. The van der Waals surface area contributed by atoms with E-state index in [1.54, 1.807) is 43.3 Å². The van der Waals surface area contributed by atoms with Crippen molar-refractivity contribution in [3.63, 3.8) is 0 Å². The monoisotopic (exact) mass is 335 g/mol. The number of imidazole rings is 1. The molecule has 1 aliphatic carbocycles. The van der Waals surface area contributed by atoms with Crippen molar-refractivity contribution in [2.24, 2.45) is 0 Å². The van der Waals surface area contributed by atoms with Crippen molar-refractivity contribution in [2.75, 3.05) is 5.32 Å². The molecule has 1 unspecified atom stereocenters. The first-order valence-corrected chi connectivity index (χ1v) is 8.17. The van der Waals surface area contributed by atoms with Crippen LogP contribution in [0.4, 0.5) is 5.69 Å². The number of Topliss-reactive ketones (excluding diaryl/α,β-unsaturated/α-hetero) is 1. The summed E-state index contributed by atoms with van der Waals surface area (Å²) in [5.41, 5.74) is 4.10. The second-order valence-corrected chi connectivity index (χ2v) is 6.24. The number of anilines is 1. The van der Waals surface area contributed by atoms with E-state index >= 15 is 0 Å². The zero-order valence-corrected chi connectivity index (χ0v) is 13.7. The van der Waals surface area contributed by atoms with E-state index in [0.29, 0.717) is 35.5 Å². The van der Waals surface area contributed by atoms with E-state index < -0.39 is 6.10 Å². The largest absolute Gasteiger partial charge is 0.385 e. The predicted octanol–water partition coefficient (Wildman–Crippen LogP) is 3.00. The second-order valence-electron chi connectivity index (χ2n) is 6.24. The number of aliphatic hydroxyl groups excluding tert-OH is 1. The van der Waals surface area contributed by atoms with E-state index in [1.165, 1.54) is 0 Å². The topological polar surface area (TPSA) is 95.1 Å². The lowest BCUT2D eigenvalue weighted by atomic mass is 10.0. The van der Waals surface area contributed by atoms with E-state index in [1.807, 2.05) is 0 Å². The Morgan fingerprint density at radius 3 is 2.92 bits per heavy atom. The maximum atomic E-state index is 12.6. The van der Waals surface area contributed by atoms with Gasteiger partial charge in [-0.2, -0.15) is 0 Å². The number of H-pyrrole nitrogens is 1. The molecule has 0 saturated carbocycles. The maximum Gasteiger partial charge on any atom is 0.255 e. The van der Waals surface area contributed by atoms with Crippen molar-refractivity contribution in [1.82, 2.24) is 9.97 Å². The van der Waals surface area contributed by atoms with Crippen molar-refractivity contribution in [3.05, 3.63) is 58.9 Å². The molecule has 0 fully saturated rings. The third kappa shape index (κ3) is 2.70. The summed E-state index contributed by atoms with van der Waals surface area (Å²) in [5, 5.41) is 12.5. The number of amides is 1. The van der Waals surface area contributed by atoms with E-state index in [2.05, 4.69) is 15.3 Å². The van der Waals surface area contributed by atoms with Crippen LogP contribution in [0.3, 0.4) is 0 Å². The Hall–Kier alpha value is -2.99. The second kappa shape index (κ2) is 5.82. The number of hydrogen-bond acceptors (Lipinski definition) is 4. The van der Waals surface area contributed by atoms with Gasteiger partial charge in [0, 0.05) is 23.2 Å². The van der Waals surface area contributed by atoms with Crippen molar-refractivity contribution in [1.29, 1.82) is 0 Å². The third-order valence-corrected chi connectivity index (χ3v) is 4.48. The van der Waals surface area contributed by atoms with Crippen molar-refractivity contribution >= 4 is 28.4 Å². The van der Waals surface area contributed by atoms with Crippen LogP contribution in [0.5, 0.6) is 0 Å². The highest BCUT2D eigenvalue weighted by Crippen LogP contribution is 2.26. The van der Waals surface area contributed by atoms with Gasteiger partial charge in [0.25, 0.3) is 5.91 Å². The molecule has 4 rings (SSSR count). The first-order valence-electron chi connectivity index (χ1n) is 8.17. The minimum atomic E-state index is -0.685. The average molecular weight is 335 g/mol. The van der Waals surface area contributed by atoms with Gasteiger partial charge in [0.2, 0.25) is 0 Å². The molecule has 0 saturated heterocycles. The van der Waals surface area contributed by atoms with Gasteiger partial charge in [-0.25, -0.2) is 4.98 Å². The van der Waals surface area contributed by atoms with Crippen LogP contribution >= 0.6 is 0 Å². The number of nitrogens with zero attached hydrogens (tertiary/aromatic N) is 1. The van der Waals surface area contributed by atoms with Gasteiger partial charge in [0.15, 0.2) is 5.78 Å². The molecular weight excluding hydrogens is 318 g/mol. The van der Waals surface area contributed by atoms with Gasteiger partial charge < -0.3 is 15.4 Å². The van der Waals surface area contributed by atoms with Gasteiger partial charge >= 0.3 is 0 Å². The standard InChI is InChI=1S/C19H17N3O3/c1-10(23)18-21-15-7-5-11(9-16(15)22-18)20-19(25)14-4-2-3-13-12(14)6-8-17(13)24/h2-5,7,9-10,23H,6,8H2,1H3,(H,20,25)(H,21,22). The van der Waals surface area contributed by atoms with Crippen LogP contribution in [0.15, 0.2) is 36.4 Å². The lowest BCUT2D eigenvalue weighted by Gasteiger charge is -2.09. The Morgan fingerprint density at radius 2 is 2.12 bits per heavy atom. The Balaban J connectivity index is 1.63. The van der Waals surface area contributed by atoms with Crippen LogP contribution in [0, 0.1) is 0 Å². The average Bonchev–Trinajstić information content (AvgIpc) is 3.18. The van der Waals surface area contributed by atoms with E-state index in [-0.39, 0.29) is 11.7 Å². The summed E-state index contributed by atoms with van der Waals surface area (Å²) < 4.78 is 0. The molecule has 3 aromatic rings. The molecule has 2 aromatic carbocycles. The van der Waals surface area contributed by atoms with Crippen LogP contribution < -0.4 is 5.32 Å². The highest BCUT2D eigenvalue weighted by molar-refractivity contribution is 6.10. The zero-order valence-electron chi connectivity index (χ0n) is 13.7. The van der Waals surface area contributed by atoms with Gasteiger partial charge in [-0.3, -0.25) is 9.59 Å².